The van der Waals surface area contributed by atoms with E-state index in [9.17, 15) is 13.2 Å². The van der Waals surface area contributed by atoms with Crippen molar-refractivity contribution in [1.82, 2.24) is 19.8 Å². The first-order valence-electron chi connectivity index (χ1n) is 8.72. The number of benzene rings is 1. The van der Waals surface area contributed by atoms with Crippen LogP contribution in [0.1, 0.15) is 29.8 Å². The number of piperidine rings is 1. The predicted octanol–water partition coefficient (Wildman–Crippen LogP) is 1.54. The minimum Gasteiger partial charge on any atom is -0.342 e. The van der Waals surface area contributed by atoms with E-state index in [0.29, 0.717) is 43.7 Å². The number of hydrogen-bond donors (Lipinski definition) is 2. The Morgan fingerprint density at radius 1 is 1.23 bits per heavy atom. The lowest BCUT2D eigenvalue weighted by Gasteiger charge is -2.32. The Bertz CT molecular complexity index is 850. The van der Waals surface area contributed by atoms with Crippen LogP contribution in [0.15, 0.2) is 35.2 Å². The first-order chi connectivity index (χ1) is 12.4. The lowest BCUT2D eigenvalue weighted by molar-refractivity contribution is -0.131. The SMILES string of the molecule is Cc1n[nH]c(C)c1S(=O)(=O)NC1CCN(C(=O)Cc2ccccc2)CC1. The number of carbonyl (C=O) groups is 1. The molecule has 1 aliphatic rings. The van der Waals surface area contributed by atoms with Crippen LogP contribution in [0.2, 0.25) is 0 Å². The van der Waals surface area contributed by atoms with Crippen molar-refractivity contribution in [3.8, 4) is 0 Å². The number of likely N-dealkylation sites (tertiary alicyclic amines) is 1. The van der Waals surface area contributed by atoms with E-state index in [2.05, 4.69) is 14.9 Å². The van der Waals surface area contributed by atoms with Gasteiger partial charge in [-0.2, -0.15) is 5.10 Å². The van der Waals surface area contributed by atoms with Crippen LogP contribution in [0.25, 0.3) is 0 Å². The van der Waals surface area contributed by atoms with Crippen LogP contribution in [0.4, 0.5) is 0 Å². The van der Waals surface area contributed by atoms with Gasteiger partial charge in [-0.3, -0.25) is 9.89 Å². The number of nitrogens with zero attached hydrogens (tertiary/aromatic N) is 2. The maximum atomic E-state index is 12.6. The van der Waals surface area contributed by atoms with Crippen LogP contribution in [0.3, 0.4) is 0 Å². The van der Waals surface area contributed by atoms with Gasteiger partial charge in [0.2, 0.25) is 15.9 Å². The molecule has 3 rings (SSSR count). The zero-order chi connectivity index (χ0) is 18.7. The van der Waals surface area contributed by atoms with Gasteiger partial charge in [-0.05, 0) is 32.3 Å². The Kier molecular flexibility index (Phi) is 5.43. The summed E-state index contributed by atoms with van der Waals surface area (Å²) >= 11 is 0. The Labute approximate surface area is 153 Å². The van der Waals surface area contributed by atoms with Gasteiger partial charge in [-0.1, -0.05) is 30.3 Å². The summed E-state index contributed by atoms with van der Waals surface area (Å²) in [6.07, 6.45) is 1.59. The number of carbonyl (C=O) groups excluding carboxylic acids is 1. The molecule has 2 N–H and O–H groups in total. The highest BCUT2D eigenvalue weighted by Gasteiger charge is 2.29. The van der Waals surface area contributed by atoms with Crippen molar-refractivity contribution in [2.45, 2.75) is 44.0 Å². The predicted molar refractivity (Wildman–Crippen MR) is 98.1 cm³/mol. The van der Waals surface area contributed by atoms with Gasteiger partial charge in [0.15, 0.2) is 0 Å². The molecular formula is C18H24N4O3S. The highest BCUT2D eigenvalue weighted by atomic mass is 32.2. The second-order valence-corrected chi connectivity index (χ2v) is 8.35. The van der Waals surface area contributed by atoms with Crippen molar-refractivity contribution in [2.75, 3.05) is 13.1 Å². The third-order valence-electron chi connectivity index (χ3n) is 4.70. The quantitative estimate of drug-likeness (QED) is 0.827. The van der Waals surface area contributed by atoms with E-state index in [0.717, 1.165) is 5.56 Å². The largest absolute Gasteiger partial charge is 0.342 e. The minimum atomic E-state index is -3.61. The number of amides is 1. The minimum absolute atomic E-state index is 0.0824. The smallest absolute Gasteiger partial charge is 0.244 e. The standard InChI is InChI=1S/C18H24N4O3S/c1-13-18(14(2)20-19-13)26(24,25)21-16-8-10-22(11-9-16)17(23)12-15-6-4-3-5-7-15/h3-7,16,21H,8-12H2,1-2H3,(H,19,20). The van der Waals surface area contributed by atoms with Gasteiger partial charge < -0.3 is 4.90 Å². The van der Waals surface area contributed by atoms with Crippen LogP contribution in [0.5, 0.6) is 0 Å². The van der Waals surface area contributed by atoms with E-state index in [1.807, 2.05) is 35.2 Å². The fourth-order valence-corrected chi connectivity index (χ4v) is 5.02. The second kappa shape index (κ2) is 7.59. The number of aryl methyl sites for hydroxylation is 2. The molecule has 2 heterocycles. The molecule has 1 amide bonds. The summed E-state index contributed by atoms with van der Waals surface area (Å²) < 4.78 is 28.0. The molecule has 1 aromatic heterocycles. The van der Waals surface area contributed by atoms with E-state index in [4.69, 9.17) is 0 Å². The summed E-state index contributed by atoms with van der Waals surface area (Å²) in [7, 11) is -3.61. The Balaban J connectivity index is 1.56. The van der Waals surface area contributed by atoms with Crippen LogP contribution < -0.4 is 4.72 Å². The molecule has 140 valence electrons. The Morgan fingerprint density at radius 2 is 1.88 bits per heavy atom. The summed E-state index contributed by atoms with van der Waals surface area (Å²) in [6, 6.07) is 9.47. The topological polar surface area (TPSA) is 95.2 Å². The van der Waals surface area contributed by atoms with Gasteiger partial charge in [-0.15, -0.1) is 0 Å². The van der Waals surface area contributed by atoms with Gasteiger partial charge in [0.1, 0.15) is 4.90 Å². The molecule has 26 heavy (non-hydrogen) atoms. The fourth-order valence-electron chi connectivity index (χ4n) is 3.34. The van der Waals surface area contributed by atoms with Gasteiger partial charge in [0, 0.05) is 19.1 Å². The van der Waals surface area contributed by atoms with E-state index >= 15 is 0 Å². The Hall–Kier alpha value is -2.19. The molecule has 1 aliphatic heterocycles. The molecule has 2 aromatic rings. The van der Waals surface area contributed by atoms with Crippen molar-refractivity contribution in [2.24, 2.45) is 0 Å². The fraction of sp³-hybridized carbons (Fsp3) is 0.444. The molecule has 0 atom stereocenters. The number of aromatic nitrogens is 2. The molecule has 1 fully saturated rings. The molecular weight excluding hydrogens is 352 g/mol. The van der Waals surface area contributed by atoms with Gasteiger partial charge >= 0.3 is 0 Å². The number of H-pyrrole nitrogens is 1. The number of rotatable bonds is 5. The second-order valence-electron chi connectivity index (χ2n) is 6.70. The first-order valence-corrected chi connectivity index (χ1v) is 10.2. The highest BCUT2D eigenvalue weighted by Crippen LogP contribution is 2.19. The van der Waals surface area contributed by atoms with Crippen molar-refractivity contribution in [3.05, 3.63) is 47.3 Å². The number of nitrogens with one attached hydrogen (secondary N) is 2. The lowest BCUT2D eigenvalue weighted by atomic mass is 10.0. The van der Waals surface area contributed by atoms with Crippen LogP contribution >= 0.6 is 0 Å². The zero-order valence-corrected chi connectivity index (χ0v) is 15.8. The average Bonchev–Trinajstić information content (AvgIpc) is 2.95. The number of aromatic amines is 1. The molecule has 1 aromatic carbocycles. The molecule has 0 unspecified atom stereocenters. The van der Waals surface area contributed by atoms with Gasteiger partial charge in [0.05, 0.1) is 17.8 Å². The van der Waals surface area contributed by atoms with E-state index in [-0.39, 0.29) is 16.8 Å². The average molecular weight is 376 g/mol. The van der Waals surface area contributed by atoms with Crippen molar-refractivity contribution < 1.29 is 13.2 Å². The monoisotopic (exact) mass is 376 g/mol. The Morgan fingerprint density at radius 3 is 2.46 bits per heavy atom. The molecule has 0 spiro atoms. The summed E-state index contributed by atoms with van der Waals surface area (Å²) in [5, 5.41) is 6.66. The van der Waals surface area contributed by atoms with Crippen molar-refractivity contribution >= 4 is 15.9 Å². The van der Waals surface area contributed by atoms with E-state index in [1.165, 1.54) is 0 Å². The molecule has 0 bridgehead atoms. The maximum absolute atomic E-state index is 12.6. The van der Waals surface area contributed by atoms with Gasteiger partial charge in [0.25, 0.3) is 0 Å². The normalized spacial score (nSPS) is 16.0. The maximum Gasteiger partial charge on any atom is 0.244 e. The molecule has 8 heteroatoms. The highest BCUT2D eigenvalue weighted by molar-refractivity contribution is 7.89. The molecule has 0 saturated carbocycles. The van der Waals surface area contributed by atoms with E-state index < -0.39 is 10.0 Å². The van der Waals surface area contributed by atoms with Gasteiger partial charge in [-0.25, -0.2) is 13.1 Å². The van der Waals surface area contributed by atoms with Crippen molar-refractivity contribution in [3.63, 3.8) is 0 Å². The number of hydrogen-bond acceptors (Lipinski definition) is 4. The van der Waals surface area contributed by atoms with Crippen molar-refractivity contribution in [1.29, 1.82) is 0 Å². The summed E-state index contributed by atoms with van der Waals surface area (Å²) in [5.41, 5.74) is 1.99. The van der Waals surface area contributed by atoms with Crippen LogP contribution in [0, 0.1) is 13.8 Å². The zero-order valence-electron chi connectivity index (χ0n) is 15.0. The van der Waals surface area contributed by atoms with Crippen LogP contribution in [-0.4, -0.2) is 48.6 Å². The summed E-state index contributed by atoms with van der Waals surface area (Å²) in [6.45, 7) is 4.48. The number of sulfonamides is 1. The molecule has 7 nitrogen and oxygen atoms in total. The summed E-state index contributed by atoms with van der Waals surface area (Å²) in [4.78, 5) is 14.4. The third kappa shape index (κ3) is 4.13. The third-order valence-corrected chi connectivity index (χ3v) is 6.48. The molecule has 0 aliphatic carbocycles. The summed E-state index contributed by atoms with van der Waals surface area (Å²) in [5.74, 6) is 0.0824. The lowest BCUT2D eigenvalue weighted by Crippen LogP contribution is -2.47. The van der Waals surface area contributed by atoms with E-state index in [1.54, 1.807) is 13.8 Å². The molecule has 0 radical (unpaired) electrons. The molecule has 1 saturated heterocycles. The first kappa shape index (κ1) is 18.6. The van der Waals surface area contributed by atoms with Crippen LogP contribution in [-0.2, 0) is 21.2 Å².